The number of nitrogens with zero attached hydrogens (tertiary/aromatic N) is 5. The maximum atomic E-state index is 12.9. The quantitative estimate of drug-likeness (QED) is 0.174. The van der Waals surface area contributed by atoms with Gasteiger partial charge < -0.3 is 21.0 Å². The second kappa shape index (κ2) is 9.96. The van der Waals surface area contributed by atoms with Gasteiger partial charge in [0.2, 0.25) is 0 Å². The number of carboxylic acid groups (broad SMARTS) is 1. The van der Waals surface area contributed by atoms with Gasteiger partial charge in [0.25, 0.3) is 11.8 Å². The van der Waals surface area contributed by atoms with Gasteiger partial charge in [-0.25, -0.2) is 9.78 Å². The van der Waals surface area contributed by atoms with Crippen molar-refractivity contribution in [2.75, 3.05) is 24.3 Å². The molecule has 12 nitrogen and oxygen atoms in total. The molecule has 0 radical (unpaired) electrons. The van der Waals surface area contributed by atoms with E-state index in [1.807, 2.05) is 0 Å². The molecule has 4 N–H and O–H groups in total. The molecule has 0 aliphatic carbocycles. The number of nitrogen functional groups attached to an aromatic ring is 1. The maximum absolute atomic E-state index is 12.9. The molecular weight excluding hydrogens is 578 g/mol. The number of carbonyl (C=O) groups excluding carboxylic acids is 2. The summed E-state index contributed by atoms with van der Waals surface area (Å²) in [5.41, 5.74) is 7.84. The molecule has 2 aromatic heterocycles. The van der Waals surface area contributed by atoms with Crippen LogP contribution in [0.4, 0.5) is 5.13 Å². The molecule has 174 valence electrons. The number of anilines is 1. The molecule has 0 bridgehead atoms. The highest BCUT2D eigenvalue weighted by molar-refractivity contribution is 9.11. The third-order valence-corrected chi connectivity index (χ3v) is 9.29. The molecular formula is C16H14BrN7O5S4. The summed E-state index contributed by atoms with van der Waals surface area (Å²) in [6.45, 7) is 0. The van der Waals surface area contributed by atoms with E-state index >= 15 is 0 Å². The molecule has 2 aliphatic rings. The second-order valence-electron chi connectivity index (χ2n) is 6.41. The molecule has 0 aromatic carbocycles. The van der Waals surface area contributed by atoms with Crippen LogP contribution in [0.15, 0.2) is 30.1 Å². The summed E-state index contributed by atoms with van der Waals surface area (Å²) in [5.74, 6) is -1.66. The van der Waals surface area contributed by atoms with Crippen LogP contribution in [-0.2, 0) is 19.2 Å². The van der Waals surface area contributed by atoms with Gasteiger partial charge in [0, 0.05) is 11.5 Å². The van der Waals surface area contributed by atoms with Crippen molar-refractivity contribution in [3.8, 4) is 0 Å². The zero-order valence-electron chi connectivity index (χ0n) is 16.6. The smallest absolute Gasteiger partial charge is 0.352 e. The standard InChI is InChI=1S/C16H14BrN7O5S4/c1-29-23-7(6-10(17)33-15(18)21-6)11(25)20-8-12(26)24-9(14(27)28)5(2-30-13(8)24)3-31-16-22-19-4-32-16/h4,8,13H,2-3H2,1H3,(H2,18,21)(H,20,25)(H,27,28)/t8?,13-/m0/s1. The lowest BCUT2D eigenvalue weighted by atomic mass is 10.0. The first-order chi connectivity index (χ1) is 15.8. The Balaban J connectivity index is 1.51. The van der Waals surface area contributed by atoms with E-state index in [0.29, 0.717) is 25.2 Å². The van der Waals surface area contributed by atoms with Crippen molar-refractivity contribution in [3.63, 3.8) is 0 Å². The van der Waals surface area contributed by atoms with E-state index in [-0.39, 0.29) is 22.2 Å². The van der Waals surface area contributed by atoms with Crippen molar-refractivity contribution in [1.29, 1.82) is 0 Å². The third-order valence-electron chi connectivity index (χ3n) is 4.47. The number of hydrogen-bond donors (Lipinski definition) is 3. The molecule has 1 unspecified atom stereocenters. The van der Waals surface area contributed by atoms with E-state index in [0.717, 1.165) is 11.3 Å². The summed E-state index contributed by atoms with van der Waals surface area (Å²) >= 11 is 8.47. The Hall–Kier alpha value is -2.21. The number of fused-ring (bicyclic) bond motifs is 1. The van der Waals surface area contributed by atoms with Gasteiger partial charge in [0.15, 0.2) is 15.2 Å². The Bertz CT molecular complexity index is 1170. The Morgan fingerprint density at radius 2 is 2.30 bits per heavy atom. The van der Waals surface area contributed by atoms with E-state index in [9.17, 15) is 19.5 Å². The van der Waals surface area contributed by atoms with Gasteiger partial charge in [-0.05, 0) is 21.5 Å². The first kappa shape index (κ1) is 23.9. The highest BCUT2D eigenvalue weighted by atomic mass is 79.9. The summed E-state index contributed by atoms with van der Waals surface area (Å²) in [6.07, 6.45) is 0. The molecule has 0 saturated carbocycles. The SMILES string of the molecule is CON=C(C(=O)NC1C(=O)N2C(C(=O)O)=C(CSc3nncs3)CS[C@@H]12)c1nc(N)sc1Br. The number of β-lactam (4-membered cyclic amide) rings is 1. The monoisotopic (exact) mass is 591 g/mol. The largest absolute Gasteiger partial charge is 0.477 e. The van der Waals surface area contributed by atoms with Gasteiger partial charge in [0.05, 0.1) is 0 Å². The predicted molar refractivity (Wildman–Crippen MR) is 128 cm³/mol. The first-order valence-electron chi connectivity index (χ1n) is 8.95. The highest BCUT2D eigenvalue weighted by Crippen LogP contribution is 2.41. The van der Waals surface area contributed by atoms with Crippen molar-refractivity contribution in [3.05, 3.63) is 26.3 Å². The van der Waals surface area contributed by atoms with E-state index in [4.69, 9.17) is 10.6 Å². The maximum Gasteiger partial charge on any atom is 0.352 e. The fourth-order valence-electron chi connectivity index (χ4n) is 3.13. The number of thiazole rings is 1. The van der Waals surface area contributed by atoms with Crippen LogP contribution < -0.4 is 11.1 Å². The number of nitrogens with one attached hydrogen (secondary N) is 1. The first-order valence-corrected chi connectivity index (χ1v) is 13.5. The van der Waals surface area contributed by atoms with Gasteiger partial charge in [-0.1, -0.05) is 39.6 Å². The summed E-state index contributed by atoms with van der Waals surface area (Å²) in [4.78, 5) is 47.8. The summed E-state index contributed by atoms with van der Waals surface area (Å²) in [6, 6.07) is -0.925. The molecule has 2 atom stereocenters. The Labute approximate surface area is 211 Å². The molecule has 1 saturated heterocycles. The second-order valence-corrected chi connectivity index (χ2v) is 11.9. The van der Waals surface area contributed by atoms with Gasteiger partial charge in [-0.15, -0.1) is 22.0 Å². The number of thioether (sulfide) groups is 2. The fourth-order valence-corrected chi connectivity index (χ4v) is 7.43. The molecule has 0 spiro atoms. The molecule has 2 aromatic rings. The predicted octanol–water partition coefficient (Wildman–Crippen LogP) is 1.22. The molecule has 17 heteroatoms. The summed E-state index contributed by atoms with van der Waals surface area (Å²) in [7, 11) is 1.27. The lowest BCUT2D eigenvalue weighted by Gasteiger charge is -2.49. The topological polar surface area (TPSA) is 173 Å². The summed E-state index contributed by atoms with van der Waals surface area (Å²) < 4.78 is 1.19. The van der Waals surface area contributed by atoms with Crippen LogP contribution in [0.2, 0.25) is 0 Å². The fraction of sp³-hybridized carbons (Fsp3) is 0.312. The van der Waals surface area contributed by atoms with Gasteiger partial charge in [-0.2, -0.15) is 0 Å². The van der Waals surface area contributed by atoms with E-state index in [2.05, 4.69) is 41.6 Å². The van der Waals surface area contributed by atoms with Crippen LogP contribution >= 0.6 is 62.1 Å². The highest BCUT2D eigenvalue weighted by Gasteiger charge is 2.54. The van der Waals surface area contributed by atoms with Crippen molar-refractivity contribution in [2.45, 2.75) is 15.8 Å². The number of carboxylic acids is 1. The number of halogens is 1. The number of carbonyl (C=O) groups is 3. The molecule has 2 aliphatic heterocycles. The van der Waals surface area contributed by atoms with Crippen LogP contribution in [0.1, 0.15) is 5.69 Å². The van der Waals surface area contributed by atoms with Crippen LogP contribution in [-0.4, -0.2) is 78.7 Å². The number of nitrogens with two attached hydrogens (primary N) is 1. The minimum Gasteiger partial charge on any atom is -0.477 e. The molecule has 4 heterocycles. The number of aromatic nitrogens is 3. The van der Waals surface area contributed by atoms with E-state index in [1.165, 1.54) is 46.9 Å². The normalized spacial score (nSPS) is 20.4. The molecule has 2 amide bonds. The number of aliphatic carboxylic acids is 1. The average Bonchev–Trinajstić information content (AvgIpc) is 3.42. The molecule has 1 fully saturated rings. The Kier molecular flexibility index (Phi) is 7.22. The van der Waals surface area contributed by atoms with E-state index in [1.54, 1.807) is 5.51 Å². The van der Waals surface area contributed by atoms with Crippen LogP contribution in [0.25, 0.3) is 0 Å². The number of hydrogen-bond acceptors (Lipinski definition) is 13. The van der Waals surface area contributed by atoms with Crippen molar-refractivity contribution >= 4 is 90.8 Å². The lowest BCUT2D eigenvalue weighted by Crippen LogP contribution is -2.71. The number of oxime groups is 1. The number of amides is 2. The lowest BCUT2D eigenvalue weighted by molar-refractivity contribution is -0.150. The van der Waals surface area contributed by atoms with Crippen LogP contribution in [0, 0.1) is 0 Å². The van der Waals surface area contributed by atoms with Crippen LogP contribution in [0.5, 0.6) is 0 Å². The van der Waals surface area contributed by atoms with Crippen molar-refractivity contribution in [1.82, 2.24) is 25.4 Å². The average molecular weight is 593 g/mol. The van der Waals surface area contributed by atoms with E-state index < -0.39 is 29.2 Å². The van der Waals surface area contributed by atoms with Gasteiger partial charge >= 0.3 is 5.97 Å². The van der Waals surface area contributed by atoms with Gasteiger partial charge in [0.1, 0.15) is 39.2 Å². The zero-order chi connectivity index (χ0) is 23.7. The van der Waals surface area contributed by atoms with Crippen molar-refractivity contribution < 1.29 is 24.3 Å². The van der Waals surface area contributed by atoms with Crippen LogP contribution in [0.3, 0.4) is 0 Å². The zero-order valence-corrected chi connectivity index (χ0v) is 21.4. The molecule has 33 heavy (non-hydrogen) atoms. The minimum atomic E-state index is -1.20. The molecule has 4 rings (SSSR count). The minimum absolute atomic E-state index is 0.0629. The Morgan fingerprint density at radius 1 is 1.52 bits per heavy atom. The van der Waals surface area contributed by atoms with Crippen molar-refractivity contribution in [2.24, 2.45) is 5.16 Å². The van der Waals surface area contributed by atoms with Gasteiger partial charge in [-0.3, -0.25) is 14.5 Å². The third kappa shape index (κ3) is 4.72. The Morgan fingerprint density at radius 3 is 2.91 bits per heavy atom. The number of rotatable bonds is 8. The summed E-state index contributed by atoms with van der Waals surface area (Å²) in [5, 5.41) is 23.5.